The third-order valence-electron chi connectivity index (χ3n) is 3.25. The molecule has 22 heavy (non-hydrogen) atoms. The van der Waals surface area contributed by atoms with E-state index >= 15 is 0 Å². The number of Topliss-reactive ketones (excluding diaryl/α,β-unsaturated/α-hetero) is 1. The summed E-state index contributed by atoms with van der Waals surface area (Å²) in [4.78, 5) is 12.8. The number of hydrogen-bond donors (Lipinski definition) is 0. The molecule has 1 aromatic carbocycles. The Hall–Kier alpha value is -2.35. The Labute approximate surface area is 133 Å². The van der Waals surface area contributed by atoms with E-state index in [2.05, 4.69) is 6.58 Å². The molecular weight excluding hydrogens is 272 g/mol. The van der Waals surface area contributed by atoms with Crippen molar-refractivity contribution in [3.8, 4) is 5.75 Å². The van der Waals surface area contributed by atoms with E-state index < -0.39 is 0 Å². The van der Waals surface area contributed by atoms with Gasteiger partial charge in [0.15, 0.2) is 5.78 Å². The number of allylic oxidation sites excluding steroid dienone is 7. The first-order valence-electron chi connectivity index (χ1n) is 7.27. The quantitative estimate of drug-likeness (QED) is 0.537. The van der Waals surface area contributed by atoms with Gasteiger partial charge in [-0.15, -0.1) is 0 Å². The molecule has 0 aromatic heterocycles. The van der Waals surface area contributed by atoms with Gasteiger partial charge in [0.25, 0.3) is 0 Å². The zero-order chi connectivity index (χ0) is 16.7. The first kappa shape index (κ1) is 17.7. The summed E-state index contributed by atoms with van der Waals surface area (Å²) in [5, 5.41) is 0. The number of benzene rings is 1. The highest BCUT2D eigenvalue weighted by Crippen LogP contribution is 2.24. The fourth-order valence-corrected chi connectivity index (χ4v) is 2.04. The number of hydrogen-bond acceptors (Lipinski definition) is 2. The molecule has 1 rings (SSSR count). The minimum absolute atomic E-state index is 0.0187. The molecule has 116 valence electrons. The molecule has 0 unspecified atom stereocenters. The SMILES string of the molecule is C=C(C)/C=C\C(C(=O)/C(=C\C)c1ccc(OC)cc1)=C(C)C. The topological polar surface area (TPSA) is 26.3 Å². The molecule has 0 radical (unpaired) electrons. The second kappa shape index (κ2) is 8.18. The standard InChI is InChI=1S/C20H24O2/c1-7-18(16-9-11-17(22-6)12-10-16)20(21)19(15(4)5)13-8-14(2)3/h7-13H,2H2,1,3-6H3/b13-8-,18-7-. The molecular formula is C20H24O2. The Morgan fingerprint density at radius 3 is 2.09 bits per heavy atom. The van der Waals surface area contributed by atoms with Crippen molar-refractivity contribution in [2.75, 3.05) is 7.11 Å². The number of rotatable bonds is 6. The van der Waals surface area contributed by atoms with Gasteiger partial charge in [0, 0.05) is 11.1 Å². The average molecular weight is 296 g/mol. The third kappa shape index (κ3) is 4.59. The summed E-state index contributed by atoms with van der Waals surface area (Å²) in [7, 11) is 1.63. The summed E-state index contributed by atoms with van der Waals surface area (Å²) in [5.41, 5.74) is 4.17. The normalized spacial score (nSPS) is 11.4. The van der Waals surface area contributed by atoms with E-state index in [1.165, 1.54) is 0 Å². The zero-order valence-electron chi connectivity index (χ0n) is 14.1. The molecule has 1 aromatic rings. The number of ketones is 1. The maximum absolute atomic E-state index is 12.8. The molecule has 0 heterocycles. The van der Waals surface area contributed by atoms with Crippen molar-refractivity contribution in [2.24, 2.45) is 0 Å². The lowest BCUT2D eigenvalue weighted by molar-refractivity contribution is -0.110. The lowest BCUT2D eigenvalue weighted by Gasteiger charge is -2.10. The van der Waals surface area contributed by atoms with E-state index in [1.807, 2.05) is 70.2 Å². The highest BCUT2D eigenvalue weighted by atomic mass is 16.5. The highest BCUT2D eigenvalue weighted by Gasteiger charge is 2.15. The Morgan fingerprint density at radius 2 is 1.68 bits per heavy atom. The van der Waals surface area contributed by atoms with Crippen molar-refractivity contribution in [1.29, 1.82) is 0 Å². The highest BCUT2D eigenvalue weighted by molar-refractivity contribution is 6.29. The molecule has 2 nitrogen and oxygen atoms in total. The number of carbonyl (C=O) groups is 1. The van der Waals surface area contributed by atoms with Crippen LogP contribution in [0.4, 0.5) is 0 Å². The lowest BCUT2D eigenvalue weighted by atomic mass is 9.93. The van der Waals surface area contributed by atoms with Gasteiger partial charge in [-0.05, 0) is 45.4 Å². The summed E-state index contributed by atoms with van der Waals surface area (Å²) in [6, 6.07) is 7.52. The molecule has 0 N–H and O–H groups in total. The fourth-order valence-electron chi connectivity index (χ4n) is 2.04. The van der Waals surface area contributed by atoms with Crippen molar-refractivity contribution in [2.45, 2.75) is 27.7 Å². The van der Waals surface area contributed by atoms with Crippen LogP contribution in [-0.4, -0.2) is 12.9 Å². The summed E-state index contributed by atoms with van der Waals surface area (Å²) in [5.74, 6) is 0.793. The average Bonchev–Trinajstić information content (AvgIpc) is 2.48. The van der Waals surface area contributed by atoms with Crippen molar-refractivity contribution >= 4 is 11.4 Å². The molecule has 0 amide bonds. The maximum atomic E-state index is 12.8. The van der Waals surface area contributed by atoms with Crippen molar-refractivity contribution in [1.82, 2.24) is 0 Å². The molecule has 0 aliphatic heterocycles. The minimum atomic E-state index is 0.0187. The van der Waals surface area contributed by atoms with E-state index in [-0.39, 0.29) is 5.78 Å². The monoisotopic (exact) mass is 296 g/mol. The Bertz CT molecular complexity index is 637. The van der Waals surface area contributed by atoms with Crippen LogP contribution in [0.5, 0.6) is 5.75 Å². The van der Waals surface area contributed by atoms with Crippen LogP contribution in [0.25, 0.3) is 5.57 Å². The maximum Gasteiger partial charge on any atom is 0.193 e. The first-order valence-corrected chi connectivity index (χ1v) is 7.27. The molecule has 0 fully saturated rings. The van der Waals surface area contributed by atoms with Gasteiger partial charge in [-0.3, -0.25) is 4.79 Å². The summed E-state index contributed by atoms with van der Waals surface area (Å²) in [6.45, 7) is 11.5. The van der Waals surface area contributed by atoms with E-state index in [4.69, 9.17) is 4.74 Å². The van der Waals surface area contributed by atoms with Gasteiger partial charge >= 0.3 is 0 Å². The second-order valence-corrected chi connectivity index (χ2v) is 5.35. The summed E-state index contributed by atoms with van der Waals surface area (Å²) in [6.07, 6.45) is 5.55. The van der Waals surface area contributed by atoms with E-state index in [0.29, 0.717) is 11.1 Å². The van der Waals surface area contributed by atoms with Gasteiger partial charge in [-0.1, -0.05) is 48.1 Å². The molecule has 0 saturated heterocycles. The van der Waals surface area contributed by atoms with E-state index in [0.717, 1.165) is 22.5 Å². The Morgan fingerprint density at radius 1 is 1.09 bits per heavy atom. The predicted octanol–water partition coefficient (Wildman–Crippen LogP) is 5.14. The van der Waals surface area contributed by atoms with Crippen LogP contribution in [0, 0.1) is 0 Å². The Balaban J connectivity index is 3.20. The minimum Gasteiger partial charge on any atom is -0.497 e. The smallest absolute Gasteiger partial charge is 0.193 e. The van der Waals surface area contributed by atoms with Crippen LogP contribution in [0.2, 0.25) is 0 Å². The van der Waals surface area contributed by atoms with Crippen LogP contribution in [0.3, 0.4) is 0 Å². The van der Waals surface area contributed by atoms with E-state index in [9.17, 15) is 4.79 Å². The van der Waals surface area contributed by atoms with Crippen LogP contribution >= 0.6 is 0 Å². The van der Waals surface area contributed by atoms with Crippen molar-refractivity contribution < 1.29 is 9.53 Å². The zero-order valence-corrected chi connectivity index (χ0v) is 14.1. The molecule has 0 aliphatic rings. The predicted molar refractivity (Wildman–Crippen MR) is 94.0 cm³/mol. The van der Waals surface area contributed by atoms with Crippen LogP contribution < -0.4 is 4.74 Å². The second-order valence-electron chi connectivity index (χ2n) is 5.35. The summed E-state index contributed by atoms with van der Waals surface area (Å²) >= 11 is 0. The largest absolute Gasteiger partial charge is 0.497 e. The lowest BCUT2D eigenvalue weighted by Crippen LogP contribution is -2.06. The van der Waals surface area contributed by atoms with E-state index in [1.54, 1.807) is 7.11 Å². The van der Waals surface area contributed by atoms with Gasteiger partial charge in [0.2, 0.25) is 0 Å². The number of methoxy groups -OCH3 is 1. The third-order valence-corrected chi connectivity index (χ3v) is 3.25. The molecule has 0 atom stereocenters. The van der Waals surface area contributed by atoms with Gasteiger partial charge in [-0.2, -0.15) is 0 Å². The molecule has 0 bridgehead atoms. The number of carbonyl (C=O) groups excluding carboxylic acids is 1. The fraction of sp³-hybridized carbons (Fsp3) is 0.250. The Kier molecular flexibility index (Phi) is 6.58. The number of ether oxygens (including phenoxy) is 1. The summed E-state index contributed by atoms with van der Waals surface area (Å²) < 4.78 is 5.16. The van der Waals surface area contributed by atoms with Crippen LogP contribution in [0.1, 0.15) is 33.3 Å². The van der Waals surface area contributed by atoms with Crippen LogP contribution in [0.15, 0.2) is 65.8 Å². The molecule has 2 heteroatoms. The van der Waals surface area contributed by atoms with Gasteiger partial charge < -0.3 is 4.74 Å². The van der Waals surface area contributed by atoms with Gasteiger partial charge in [0.1, 0.15) is 5.75 Å². The molecule has 0 aliphatic carbocycles. The van der Waals surface area contributed by atoms with Crippen molar-refractivity contribution in [3.05, 3.63) is 71.4 Å². The van der Waals surface area contributed by atoms with Crippen LogP contribution in [-0.2, 0) is 4.79 Å². The first-order chi connectivity index (χ1) is 10.4. The molecule has 0 saturated carbocycles. The van der Waals surface area contributed by atoms with Gasteiger partial charge in [0.05, 0.1) is 7.11 Å². The molecule has 0 spiro atoms. The van der Waals surface area contributed by atoms with Crippen molar-refractivity contribution in [3.63, 3.8) is 0 Å². The van der Waals surface area contributed by atoms with Gasteiger partial charge in [-0.25, -0.2) is 0 Å².